The Morgan fingerprint density at radius 1 is 1.36 bits per heavy atom. The van der Waals surface area contributed by atoms with E-state index in [9.17, 15) is 21.6 Å². The molecule has 0 bridgehead atoms. The molecule has 0 amide bonds. The summed E-state index contributed by atoms with van der Waals surface area (Å²) in [6.45, 7) is 0. The molecule has 9 heteroatoms. The van der Waals surface area contributed by atoms with Crippen molar-refractivity contribution in [1.29, 1.82) is 0 Å². The molecule has 1 aromatic heterocycles. The molecule has 0 saturated carbocycles. The van der Waals surface area contributed by atoms with Crippen molar-refractivity contribution in [3.05, 3.63) is 17.3 Å². The summed E-state index contributed by atoms with van der Waals surface area (Å²) in [6, 6.07) is 0.581. The molecular formula is C5H2ClF3N2O2S. The van der Waals surface area contributed by atoms with Gasteiger partial charge in [0.05, 0.1) is 11.2 Å². The minimum Gasteiger partial charge on any atom is -0.213 e. The van der Waals surface area contributed by atoms with Gasteiger partial charge in [0.25, 0.3) is 9.84 Å². The smallest absolute Gasteiger partial charge is 0.213 e. The molecule has 1 rings (SSSR count). The van der Waals surface area contributed by atoms with Gasteiger partial charge in [-0.25, -0.2) is 8.42 Å². The Bertz CT molecular complexity index is 445. The van der Waals surface area contributed by atoms with Crippen LogP contribution in [0.5, 0.6) is 0 Å². The summed E-state index contributed by atoms with van der Waals surface area (Å²) >= 11 is 5.27. The summed E-state index contributed by atoms with van der Waals surface area (Å²) in [7, 11) is -5.46. The number of hydrogen-bond donors (Lipinski definition) is 0. The Balaban J connectivity index is 3.32. The maximum Gasteiger partial charge on any atom is 0.503 e. The molecule has 0 fully saturated rings. The van der Waals surface area contributed by atoms with Crippen LogP contribution in [0.2, 0.25) is 5.02 Å². The molecule has 0 N–H and O–H groups in total. The number of sulfone groups is 1. The highest BCUT2D eigenvalue weighted by Gasteiger charge is 2.48. The largest absolute Gasteiger partial charge is 0.503 e. The van der Waals surface area contributed by atoms with Gasteiger partial charge in [-0.2, -0.15) is 18.3 Å². The molecule has 4 nitrogen and oxygen atoms in total. The van der Waals surface area contributed by atoms with Crippen LogP contribution in [-0.2, 0) is 9.84 Å². The average Bonchev–Trinajstić information content (AvgIpc) is 2.02. The van der Waals surface area contributed by atoms with E-state index in [-0.39, 0.29) is 5.02 Å². The Kier molecular flexibility index (Phi) is 2.68. The van der Waals surface area contributed by atoms with Gasteiger partial charge in [-0.15, -0.1) is 5.10 Å². The van der Waals surface area contributed by atoms with Gasteiger partial charge >= 0.3 is 5.51 Å². The molecule has 0 atom stereocenters. The van der Waals surface area contributed by atoms with Crippen molar-refractivity contribution in [2.24, 2.45) is 0 Å². The summed E-state index contributed by atoms with van der Waals surface area (Å²) in [6.07, 6.45) is 0.928. The highest BCUT2D eigenvalue weighted by Crippen LogP contribution is 2.29. The third kappa shape index (κ3) is 1.95. The van der Waals surface area contributed by atoms with Gasteiger partial charge < -0.3 is 0 Å². The van der Waals surface area contributed by atoms with Crippen molar-refractivity contribution < 1.29 is 21.6 Å². The van der Waals surface area contributed by atoms with Crippen molar-refractivity contribution in [3.63, 3.8) is 0 Å². The van der Waals surface area contributed by atoms with Gasteiger partial charge in [-0.3, -0.25) is 0 Å². The first-order valence-corrected chi connectivity index (χ1v) is 4.91. The van der Waals surface area contributed by atoms with Crippen molar-refractivity contribution in [2.75, 3.05) is 0 Å². The van der Waals surface area contributed by atoms with Gasteiger partial charge in [-0.05, 0) is 6.07 Å². The van der Waals surface area contributed by atoms with Crippen molar-refractivity contribution in [2.45, 2.75) is 10.5 Å². The van der Waals surface area contributed by atoms with E-state index < -0.39 is 20.4 Å². The molecule has 0 saturated heterocycles. The summed E-state index contributed by atoms with van der Waals surface area (Å²) in [5.74, 6) is 0. The molecule has 14 heavy (non-hydrogen) atoms. The van der Waals surface area contributed by atoms with Gasteiger partial charge in [0, 0.05) is 0 Å². The fourth-order valence-electron chi connectivity index (χ4n) is 0.575. The summed E-state index contributed by atoms with van der Waals surface area (Å²) in [5, 5.41) is 4.39. The zero-order chi connectivity index (χ0) is 11.0. The molecule has 0 spiro atoms. The number of alkyl halides is 3. The van der Waals surface area contributed by atoms with Crippen LogP contribution >= 0.6 is 11.6 Å². The number of rotatable bonds is 1. The number of aromatic nitrogens is 2. The third-order valence-electron chi connectivity index (χ3n) is 1.18. The van der Waals surface area contributed by atoms with E-state index >= 15 is 0 Å². The maximum absolute atomic E-state index is 12.0. The Labute approximate surface area is 81.6 Å². The molecule has 0 radical (unpaired) electrons. The fourth-order valence-corrected chi connectivity index (χ4v) is 1.46. The lowest BCUT2D eigenvalue weighted by Crippen LogP contribution is -2.24. The summed E-state index contributed by atoms with van der Waals surface area (Å²) in [5.41, 5.74) is -5.40. The quantitative estimate of drug-likeness (QED) is 0.752. The lowest BCUT2D eigenvalue weighted by atomic mass is 10.6. The first kappa shape index (κ1) is 11.2. The fraction of sp³-hybridized carbons (Fsp3) is 0.200. The first-order chi connectivity index (χ1) is 6.25. The topological polar surface area (TPSA) is 59.9 Å². The van der Waals surface area contributed by atoms with E-state index in [0.29, 0.717) is 6.07 Å². The van der Waals surface area contributed by atoms with Crippen LogP contribution in [-0.4, -0.2) is 24.1 Å². The second kappa shape index (κ2) is 3.35. The molecule has 0 aliphatic heterocycles. The standard InChI is InChI=1S/C5H2ClF3N2O2S/c6-3-1-4(11-10-2-3)14(12,13)5(7,8)9/h1-2H. The molecule has 0 aromatic carbocycles. The molecule has 0 aliphatic rings. The van der Waals surface area contributed by atoms with E-state index in [0.717, 1.165) is 6.20 Å². The van der Waals surface area contributed by atoms with Crippen molar-refractivity contribution >= 4 is 21.4 Å². The molecule has 1 heterocycles. The van der Waals surface area contributed by atoms with Crippen molar-refractivity contribution in [1.82, 2.24) is 10.2 Å². The third-order valence-corrected chi connectivity index (χ3v) is 2.75. The predicted octanol–water partition coefficient (Wildman–Crippen LogP) is 1.42. The normalized spacial score (nSPS) is 12.9. The van der Waals surface area contributed by atoms with Crippen LogP contribution in [0.3, 0.4) is 0 Å². The highest BCUT2D eigenvalue weighted by atomic mass is 35.5. The van der Waals surface area contributed by atoms with Crippen LogP contribution < -0.4 is 0 Å². The number of nitrogens with zero attached hydrogens (tertiary/aromatic N) is 2. The average molecular weight is 247 g/mol. The van der Waals surface area contributed by atoms with Gasteiger partial charge in [0.2, 0.25) is 0 Å². The summed E-state index contributed by atoms with van der Waals surface area (Å²) in [4.78, 5) is 0. The zero-order valence-electron chi connectivity index (χ0n) is 6.29. The number of halogens is 4. The van der Waals surface area contributed by atoms with Crippen molar-refractivity contribution in [3.8, 4) is 0 Å². The van der Waals surface area contributed by atoms with E-state index in [4.69, 9.17) is 11.6 Å². The van der Waals surface area contributed by atoms with Gasteiger partial charge in [-0.1, -0.05) is 11.6 Å². The Morgan fingerprint density at radius 3 is 2.36 bits per heavy atom. The molecular weight excluding hydrogens is 245 g/mol. The lowest BCUT2D eigenvalue weighted by molar-refractivity contribution is -0.0438. The predicted molar refractivity (Wildman–Crippen MR) is 40.3 cm³/mol. The highest BCUT2D eigenvalue weighted by molar-refractivity contribution is 7.92. The SMILES string of the molecule is O=S(=O)(c1cc(Cl)cnn1)C(F)(F)F. The summed E-state index contributed by atoms with van der Waals surface area (Å²) < 4.78 is 57.3. The van der Waals surface area contributed by atoms with E-state index in [1.807, 2.05) is 0 Å². The monoisotopic (exact) mass is 246 g/mol. The molecule has 1 aromatic rings. The van der Waals surface area contributed by atoms with Crippen LogP contribution in [0.15, 0.2) is 17.3 Å². The number of hydrogen-bond acceptors (Lipinski definition) is 4. The molecule has 0 unspecified atom stereocenters. The van der Waals surface area contributed by atoms with Gasteiger partial charge in [0.15, 0.2) is 5.03 Å². The van der Waals surface area contributed by atoms with Crippen LogP contribution in [0, 0.1) is 0 Å². The lowest BCUT2D eigenvalue weighted by Gasteiger charge is -2.05. The Hall–Kier alpha value is -0.890. The van der Waals surface area contributed by atoms with Crippen LogP contribution in [0.25, 0.3) is 0 Å². The van der Waals surface area contributed by atoms with E-state index in [2.05, 4.69) is 10.2 Å². The van der Waals surface area contributed by atoms with Crippen LogP contribution in [0.4, 0.5) is 13.2 Å². The van der Waals surface area contributed by atoms with E-state index in [1.165, 1.54) is 0 Å². The maximum atomic E-state index is 12.0. The van der Waals surface area contributed by atoms with E-state index in [1.54, 1.807) is 0 Å². The minimum absolute atomic E-state index is 0.233. The second-order valence-electron chi connectivity index (χ2n) is 2.16. The second-order valence-corrected chi connectivity index (χ2v) is 4.49. The first-order valence-electron chi connectivity index (χ1n) is 3.05. The molecule has 78 valence electrons. The molecule has 0 aliphatic carbocycles. The minimum atomic E-state index is -5.46. The Morgan fingerprint density at radius 2 is 1.93 bits per heavy atom. The zero-order valence-corrected chi connectivity index (χ0v) is 7.86. The van der Waals surface area contributed by atoms with Gasteiger partial charge in [0.1, 0.15) is 0 Å². The van der Waals surface area contributed by atoms with Crippen LogP contribution in [0.1, 0.15) is 0 Å².